The first kappa shape index (κ1) is 13.1. The molecular weight excluding hydrogens is 244 g/mol. The molecule has 0 radical (unpaired) electrons. The Bertz CT molecular complexity index is 441. The van der Waals surface area contributed by atoms with E-state index in [0.717, 1.165) is 18.8 Å². The van der Waals surface area contributed by atoms with Gasteiger partial charge in [0.2, 0.25) is 0 Å². The van der Waals surface area contributed by atoms with Gasteiger partial charge in [-0.2, -0.15) is 0 Å². The van der Waals surface area contributed by atoms with Gasteiger partial charge in [-0.1, -0.05) is 34.8 Å². The molecule has 2 rings (SSSR count). The number of nitrogens with zero attached hydrogens (tertiary/aromatic N) is 3. The highest BCUT2D eigenvalue weighted by Gasteiger charge is 2.12. The highest BCUT2D eigenvalue weighted by Crippen LogP contribution is 2.14. The topological polar surface area (TPSA) is 41.0 Å². The zero-order valence-corrected chi connectivity index (χ0v) is 11.5. The normalized spacial score (nSPS) is 12.8. The summed E-state index contributed by atoms with van der Waals surface area (Å²) in [6, 6.07) is 10.8. The molecule has 0 spiro atoms. The molecule has 1 aromatic carbocycles. The summed E-state index contributed by atoms with van der Waals surface area (Å²) in [5.74, 6) is 0. The summed E-state index contributed by atoms with van der Waals surface area (Å²) in [6.07, 6.45) is 0. The predicted octanol–water partition coefficient (Wildman–Crippen LogP) is 1.93. The van der Waals surface area contributed by atoms with Gasteiger partial charge in [0.15, 0.2) is 0 Å². The van der Waals surface area contributed by atoms with Crippen LogP contribution in [-0.4, -0.2) is 35.1 Å². The molecule has 0 fully saturated rings. The van der Waals surface area contributed by atoms with Gasteiger partial charge in [-0.25, -0.2) is 0 Å². The molecule has 0 bridgehead atoms. The number of hydrogen-bond donors (Lipinski definition) is 1. The standard InChI is InChI=1S/C13H18N4S/c1-17(2)9-13(11-6-4-3-5-7-11)14-8-12-10-18-16-15-12/h3-7,10,13-14H,8-9H2,1-2H3. The molecule has 0 aliphatic heterocycles. The quantitative estimate of drug-likeness (QED) is 0.863. The van der Waals surface area contributed by atoms with Gasteiger partial charge >= 0.3 is 0 Å². The van der Waals surface area contributed by atoms with Crippen molar-refractivity contribution in [3.63, 3.8) is 0 Å². The molecule has 1 atom stereocenters. The number of aromatic nitrogens is 2. The SMILES string of the molecule is CN(C)CC(NCc1csnn1)c1ccccc1. The van der Waals surface area contributed by atoms with Crippen molar-refractivity contribution in [1.82, 2.24) is 19.8 Å². The van der Waals surface area contributed by atoms with Gasteiger partial charge < -0.3 is 10.2 Å². The van der Waals surface area contributed by atoms with Gasteiger partial charge in [0, 0.05) is 24.5 Å². The Morgan fingerprint density at radius 1 is 1.28 bits per heavy atom. The molecule has 0 amide bonds. The van der Waals surface area contributed by atoms with Crippen molar-refractivity contribution >= 4 is 11.5 Å². The van der Waals surface area contributed by atoms with Crippen molar-refractivity contribution in [3.8, 4) is 0 Å². The average Bonchev–Trinajstić information content (AvgIpc) is 2.88. The number of benzene rings is 1. The first-order valence-electron chi connectivity index (χ1n) is 5.94. The van der Waals surface area contributed by atoms with Crippen LogP contribution in [-0.2, 0) is 6.54 Å². The molecule has 0 aliphatic carbocycles. The van der Waals surface area contributed by atoms with Crippen LogP contribution in [0, 0.1) is 0 Å². The monoisotopic (exact) mass is 262 g/mol. The highest BCUT2D eigenvalue weighted by molar-refractivity contribution is 7.03. The van der Waals surface area contributed by atoms with Crippen LogP contribution in [0.25, 0.3) is 0 Å². The van der Waals surface area contributed by atoms with Crippen molar-refractivity contribution < 1.29 is 0 Å². The van der Waals surface area contributed by atoms with E-state index in [1.807, 2.05) is 11.4 Å². The molecule has 1 N–H and O–H groups in total. The van der Waals surface area contributed by atoms with E-state index in [4.69, 9.17) is 0 Å². The molecule has 1 heterocycles. The lowest BCUT2D eigenvalue weighted by Gasteiger charge is -2.22. The van der Waals surface area contributed by atoms with Crippen molar-refractivity contribution in [2.45, 2.75) is 12.6 Å². The molecule has 4 nitrogen and oxygen atoms in total. The third kappa shape index (κ3) is 3.87. The van der Waals surface area contributed by atoms with Crippen molar-refractivity contribution in [1.29, 1.82) is 0 Å². The van der Waals surface area contributed by atoms with Crippen molar-refractivity contribution in [3.05, 3.63) is 47.0 Å². The summed E-state index contributed by atoms with van der Waals surface area (Å²) < 4.78 is 3.88. The molecule has 0 saturated heterocycles. The fourth-order valence-corrected chi connectivity index (χ4v) is 2.28. The van der Waals surface area contributed by atoms with Crippen LogP contribution in [0.4, 0.5) is 0 Å². The molecule has 1 aromatic heterocycles. The maximum atomic E-state index is 4.05. The Hall–Kier alpha value is -1.30. The fraction of sp³-hybridized carbons (Fsp3) is 0.385. The molecular formula is C13H18N4S. The lowest BCUT2D eigenvalue weighted by atomic mass is 10.1. The van der Waals surface area contributed by atoms with Crippen LogP contribution in [0.5, 0.6) is 0 Å². The predicted molar refractivity (Wildman–Crippen MR) is 74.5 cm³/mol. The van der Waals surface area contributed by atoms with E-state index >= 15 is 0 Å². The number of likely N-dealkylation sites (N-methyl/N-ethyl adjacent to an activating group) is 1. The fourth-order valence-electron chi connectivity index (χ4n) is 1.83. The van der Waals surface area contributed by atoms with Crippen LogP contribution < -0.4 is 5.32 Å². The van der Waals surface area contributed by atoms with Crippen LogP contribution in [0.3, 0.4) is 0 Å². The van der Waals surface area contributed by atoms with E-state index in [1.165, 1.54) is 17.1 Å². The van der Waals surface area contributed by atoms with E-state index in [-0.39, 0.29) is 0 Å². The van der Waals surface area contributed by atoms with E-state index in [1.54, 1.807) is 0 Å². The summed E-state index contributed by atoms with van der Waals surface area (Å²) >= 11 is 1.39. The zero-order valence-electron chi connectivity index (χ0n) is 10.7. The summed E-state index contributed by atoms with van der Waals surface area (Å²) in [5, 5.41) is 9.56. The Morgan fingerprint density at radius 3 is 2.67 bits per heavy atom. The second-order valence-corrected chi connectivity index (χ2v) is 5.11. The van der Waals surface area contributed by atoms with Gasteiger partial charge in [-0.3, -0.25) is 0 Å². The van der Waals surface area contributed by atoms with Crippen LogP contribution in [0.15, 0.2) is 35.7 Å². The average molecular weight is 262 g/mol. The second kappa shape index (κ2) is 6.58. The van der Waals surface area contributed by atoms with Gasteiger partial charge in [-0.15, -0.1) is 5.10 Å². The minimum atomic E-state index is 0.308. The first-order chi connectivity index (χ1) is 8.75. The first-order valence-corrected chi connectivity index (χ1v) is 6.78. The second-order valence-electron chi connectivity index (χ2n) is 4.50. The number of hydrogen-bond acceptors (Lipinski definition) is 5. The zero-order chi connectivity index (χ0) is 12.8. The smallest absolute Gasteiger partial charge is 0.0893 e. The lowest BCUT2D eigenvalue weighted by Crippen LogP contribution is -2.31. The molecule has 0 saturated carbocycles. The molecule has 18 heavy (non-hydrogen) atoms. The maximum absolute atomic E-state index is 4.05. The largest absolute Gasteiger partial charge is 0.308 e. The van der Waals surface area contributed by atoms with Crippen molar-refractivity contribution in [2.24, 2.45) is 0 Å². The summed E-state index contributed by atoms with van der Waals surface area (Å²) in [4.78, 5) is 2.18. The Morgan fingerprint density at radius 2 is 2.06 bits per heavy atom. The van der Waals surface area contributed by atoms with E-state index in [9.17, 15) is 0 Å². The lowest BCUT2D eigenvalue weighted by molar-refractivity contribution is 0.340. The Labute approximate surface area is 112 Å². The molecule has 5 heteroatoms. The van der Waals surface area contributed by atoms with E-state index in [0.29, 0.717) is 6.04 Å². The minimum absolute atomic E-state index is 0.308. The highest BCUT2D eigenvalue weighted by atomic mass is 32.1. The molecule has 2 aromatic rings. The maximum Gasteiger partial charge on any atom is 0.0893 e. The van der Waals surface area contributed by atoms with Crippen molar-refractivity contribution in [2.75, 3.05) is 20.6 Å². The van der Waals surface area contributed by atoms with Crippen LogP contribution in [0.2, 0.25) is 0 Å². The summed E-state index contributed by atoms with van der Waals surface area (Å²) in [6.45, 7) is 1.71. The van der Waals surface area contributed by atoms with Crippen LogP contribution >= 0.6 is 11.5 Å². The minimum Gasteiger partial charge on any atom is -0.308 e. The van der Waals surface area contributed by atoms with E-state index < -0.39 is 0 Å². The van der Waals surface area contributed by atoms with Gasteiger partial charge in [-0.05, 0) is 31.2 Å². The third-order valence-corrected chi connectivity index (χ3v) is 3.24. The third-order valence-electron chi connectivity index (χ3n) is 2.68. The molecule has 96 valence electrons. The van der Waals surface area contributed by atoms with Gasteiger partial charge in [0.25, 0.3) is 0 Å². The van der Waals surface area contributed by atoms with Gasteiger partial charge in [0.1, 0.15) is 0 Å². The molecule has 1 unspecified atom stereocenters. The van der Waals surface area contributed by atoms with E-state index in [2.05, 4.69) is 58.2 Å². The number of rotatable bonds is 6. The molecule has 0 aliphatic rings. The van der Waals surface area contributed by atoms with Crippen LogP contribution in [0.1, 0.15) is 17.3 Å². The summed E-state index contributed by atoms with van der Waals surface area (Å²) in [5.41, 5.74) is 2.30. The number of nitrogens with one attached hydrogen (secondary N) is 1. The summed E-state index contributed by atoms with van der Waals surface area (Å²) in [7, 11) is 4.17. The van der Waals surface area contributed by atoms with Gasteiger partial charge in [0.05, 0.1) is 5.69 Å². The Balaban J connectivity index is 2.01. The Kier molecular flexibility index (Phi) is 4.81.